The molecule has 0 unspecified atom stereocenters. The summed E-state index contributed by atoms with van der Waals surface area (Å²) in [5.41, 5.74) is 10.4. The van der Waals surface area contributed by atoms with Crippen LogP contribution in [-0.4, -0.2) is 17.5 Å². The van der Waals surface area contributed by atoms with Gasteiger partial charge in [-0.05, 0) is 83.3 Å². The molecule has 1 aliphatic rings. The maximum atomic E-state index is 13.9. The Bertz CT molecular complexity index is 1810. The van der Waals surface area contributed by atoms with Gasteiger partial charge in [0.2, 0.25) is 0 Å². The monoisotopic (exact) mass is 563 g/mol. The third-order valence-electron chi connectivity index (χ3n) is 8.44. The van der Waals surface area contributed by atoms with Crippen LogP contribution in [0.5, 0.6) is 0 Å². The molecule has 0 aromatic heterocycles. The number of carbonyl (C=O) groups excluding carboxylic acids is 2. The van der Waals surface area contributed by atoms with Crippen molar-refractivity contribution >= 4 is 17.5 Å². The highest BCUT2D eigenvalue weighted by molar-refractivity contribution is 6.10. The molecule has 0 fully saturated rings. The van der Waals surface area contributed by atoms with E-state index in [-0.39, 0.29) is 5.78 Å². The SMILES string of the molecule is CC(=O)ON=C(C)c1ccc2c(c1)C(Cc1ccccc1)(Cc1ccccc1)c1cc(C(=O)c3ccccc3C)ccc1-2. The van der Waals surface area contributed by atoms with Gasteiger partial charge in [0.1, 0.15) is 0 Å². The van der Waals surface area contributed by atoms with Crippen molar-refractivity contribution in [3.63, 3.8) is 0 Å². The number of ketones is 1. The number of aryl methyl sites for hydroxylation is 1. The van der Waals surface area contributed by atoms with Crippen molar-refractivity contribution < 1.29 is 14.4 Å². The normalized spacial score (nSPS) is 13.2. The summed E-state index contributed by atoms with van der Waals surface area (Å²) in [5, 5.41) is 4.09. The molecule has 5 aromatic carbocycles. The van der Waals surface area contributed by atoms with Crippen LogP contribution in [0.4, 0.5) is 0 Å². The van der Waals surface area contributed by atoms with E-state index < -0.39 is 11.4 Å². The van der Waals surface area contributed by atoms with Crippen LogP contribution in [0.15, 0.2) is 126 Å². The lowest BCUT2D eigenvalue weighted by Crippen LogP contribution is -2.31. The fourth-order valence-corrected chi connectivity index (χ4v) is 6.36. The Kier molecular flexibility index (Phi) is 7.60. The number of hydrogen-bond donors (Lipinski definition) is 0. The van der Waals surface area contributed by atoms with E-state index >= 15 is 0 Å². The first-order valence-corrected chi connectivity index (χ1v) is 14.6. The van der Waals surface area contributed by atoms with Gasteiger partial charge in [0.25, 0.3) is 0 Å². The molecule has 0 saturated heterocycles. The van der Waals surface area contributed by atoms with Gasteiger partial charge < -0.3 is 4.84 Å². The largest absolute Gasteiger partial charge is 0.331 e. The number of hydrogen-bond acceptors (Lipinski definition) is 4. The Morgan fingerprint density at radius 3 is 1.72 bits per heavy atom. The van der Waals surface area contributed by atoms with Gasteiger partial charge in [-0.1, -0.05) is 114 Å². The average molecular weight is 564 g/mol. The van der Waals surface area contributed by atoms with Gasteiger partial charge in [-0.3, -0.25) is 4.79 Å². The van der Waals surface area contributed by atoms with E-state index in [1.165, 1.54) is 23.6 Å². The molecular weight excluding hydrogens is 530 g/mol. The second kappa shape index (κ2) is 11.7. The van der Waals surface area contributed by atoms with Gasteiger partial charge in [-0.25, -0.2) is 4.79 Å². The second-order valence-electron chi connectivity index (χ2n) is 11.3. The first kappa shape index (κ1) is 28.0. The van der Waals surface area contributed by atoms with Crippen LogP contribution in [0.3, 0.4) is 0 Å². The standard InChI is InChI=1S/C39H33NO3/c1-26-12-10-11-17-33(26)38(42)32-19-21-35-34-20-18-31(27(2)40-43-28(3)41)22-36(34)39(37(35)23-32,24-29-13-6-4-7-14-29)25-30-15-8-5-9-16-30/h4-23H,24-25H2,1-3H3. The number of benzene rings is 5. The van der Waals surface area contributed by atoms with Gasteiger partial charge in [-0.2, -0.15) is 0 Å². The maximum Gasteiger partial charge on any atom is 0.331 e. The summed E-state index contributed by atoms with van der Waals surface area (Å²) < 4.78 is 0. The van der Waals surface area contributed by atoms with Crippen molar-refractivity contribution in [2.75, 3.05) is 0 Å². The quantitative estimate of drug-likeness (QED) is 0.0826. The van der Waals surface area contributed by atoms with Gasteiger partial charge in [0.15, 0.2) is 5.78 Å². The van der Waals surface area contributed by atoms with Crippen LogP contribution in [0.25, 0.3) is 11.1 Å². The summed E-state index contributed by atoms with van der Waals surface area (Å²) in [7, 11) is 0. The Morgan fingerprint density at radius 2 is 1.16 bits per heavy atom. The first-order chi connectivity index (χ1) is 20.9. The molecule has 0 atom stereocenters. The molecule has 0 N–H and O–H groups in total. The lowest BCUT2D eigenvalue weighted by atomic mass is 9.69. The smallest absolute Gasteiger partial charge is 0.318 e. The number of carbonyl (C=O) groups is 2. The molecule has 6 rings (SSSR count). The lowest BCUT2D eigenvalue weighted by molar-refractivity contribution is -0.140. The van der Waals surface area contributed by atoms with Gasteiger partial charge in [-0.15, -0.1) is 0 Å². The van der Waals surface area contributed by atoms with E-state index in [2.05, 4.69) is 78.0 Å². The lowest BCUT2D eigenvalue weighted by Gasteiger charge is -2.33. The van der Waals surface area contributed by atoms with Crippen LogP contribution >= 0.6 is 0 Å². The van der Waals surface area contributed by atoms with Crippen LogP contribution < -0.4 is 0 Å². The summed E-state index contributed by atoms with van der Waals surface area (Å²) in [6.07, 6.45) is 1.49. The number of fused-ring (bicyclic) bond motifs is 3. The van der Waals surface area contributed by atoms with E-state index in [0.717, 1.165) is 40.7 Å². The topological polar surface area (TPSA) is 55.7 Å². The van der Waals surface area contributed by atoms with E-state index in [0.29, 0.717) is 16.8 Å². The third-order valence-corrected chi connectivity index (χ3v) is 8.44. The third kappa shape index (κ3) is 5.44. The predicted molar refractivity (Wildman–Crippen MR) is 172 cm³/mol. The molecular formula is C39H33NO3. The number of nitrogens with zero attached hydrogens (tertiary/aromatic N) is 1. The second-order valence-corrected chi connectivity index (χ2v) is 11.3. The minimum Gasteiger partial charge on any atom is -0.318 e. The highest BCUT2D eigenvalue weighted by Crippen LogP contribution is 2.53. The van der Waals surface area contributed by atoms with Gasteiger partial charge in [0.05, 0.1) is 5.71 Å². The zero-order chi connectivity index (χ0) is 30.0. The molecule has 212 valence electrons. The van der Waals surface area contributed by atoms with Crippen molar-refractivity contribution in [2.45, 2.75) is 39.0 Å². The number of oxime groups is 1. The zero-order valence-electron chi connectivity index (χ0n) is 24.6. The van der Waals surface area contributed by atoms with Crippen molar-refractivity contribution in [3.8, 4) is 11.1 Å². The summed E-state index contributed by atoms with van der Waals surface area (Å²) in [5.74, 6) is -0.434. The molecule has 0 saturated carbocycles. The van der Waals surface area contributed by atoms with Gasteiger partial charge in [0, 0.05) is 23.5 Å². The minimum absolute atomic E-state index is 0.0234. The summed E-state index contributed by atoms with van der Waals surface area (Å²) in [4.78, 5) is 30.3. The van der Waals surface area contributed by atoms with E-state index in [1.807, 2.05) is 62.4 Å². The predicted octanol–water partition coefficient (Wildman–Crippen LogP) is 8.27. The highest BCUT2D eigenvalue weighted by atomic mass is 16.7. The Balaban J connectivity index is 1.59. The molecule has 5 aromatic rings. The zero-order valence-corrected chi connectivity index (χ0v) is 24.6. The van der Waals surface area contributed by atoms with E-state index in [1.54, 1.807) is 0 Å². The summed E-state index contributed by atoms with van der Waals surface area (Å²) in [6.45, 7) is 5.17. The Hall–Kier alpha value is -5.09. The highest BCUT2D eigenvalue weighted by Gasteiger charge is 2.44. The van der Waals surface area contributed by atoms with Crippen molar-refractivity contribution in [2.24, 2.45) is 5.16 Å². The molecule has 0 spiro atoms. The van der Waals surface area contributed by atoms with E-state index in [4.69, 9.17) is 4.84 Å². The van der Waals surface area contributed by atoms with E-state index in [9.17, 15) is 9.59 Å². The molecule has 43 heavy (non-hydrogen) atoms. The summed E-state index contributed by atoms with van der Waals surface area (Å²) >= 11 is 0. The average Bonchev–Trinajstić information content (AvgIpc) is 3.28. The Morgan fingerprint density at radius 1 is 0.651 bits per heavy atom. The molecule has 0 heterocycles. The van der Waals surface area contributed by atoms with Crippen LogP contribution in [-0.2, 0) is 27.9 Å². The van der Waals surface area contributed by atoms with Crippen LogP contribution in [0, 0.1) is 6.92 Å². The van der Waals surface area contributed by atoms with Crippen LogP contribution in [0.2, 0.25) is 0 Å². The van der Waals surface area contributed by atoms with Gasteiger partial charge >= 0.3 is 5.97 Å². The molecule has 0 bridgehead atoms. The first-order valence-electron chi connectivity index (χ1n) is 14.6. The van der Waals surface area contributed by atoms with Crippen molar-refractivity contribution in [1.29, 1.82) is 0 Å². The fraction of sp³-hybridized carbons (Fsp3) is 0.154. The Labute approximate surface area is 252 Å². The molecule has 4 nitrogen and oxygen atoms in total. The molecule has 0 aliphatic heterocycles. The van der Waals surface area contributed by atoms with Crippen LogP contribution in [0.1, 0.15) is 63.1 Å². The maximum absolute atomic E-state index is 13.9. The molecule has 0 radical (unpaired) electrons. The van der Waals surface area contributed by atoms with Crippen molar-refractivity contribution in [3.05, 3.63) is 166 Å². The molecule has 0 amide bonds. The summed E-state index contributed by atoms with van der Waals surface area (Å²) in [6, 6.07) is 41.4. The van der Waals surface area contributed by atoms with Crippen molar-refractivity contribution in [1.82, 2.24) is 0 Å². The number of rotatable bonds is 8. The fourth-order valence-electron chi connectivity index (χ4n) is 6.36. The minimum atomic E-state index is -0.465. The molecule has 1 aliphatic carbocycles. The molecule has 4 heteroatoms.